The molecule has 0 aromatic heterocycles. The van der Waals surface area contributed by atoms with Crippen LogP contribution in [-0.4, -0.2) is 54.9 Å². The topological polar surface area (TPSA) is 88.1 Å². The summed E-state index contributed by atoms with van der Waals surface area (Å²) in [6.07, 6.45) is 0.0464. The molecule has 2 aromatic carbocycles. The first-order valence-electron chi connectivity index (χ1n) is 9.59. The Bertz CT molecular complexity index is 811. The Labute approximate surface area is 175 Å². The van der Waals surface area contributed by atoms with E-state index >= 15 is 0 Å². The Morgan fingerprint density at radius 3 is 2.33 bits per heavy atom. The maximum Gasteiger partial charge on any atom is 0.410 e. The minimum Gasteiger partial charge on any atom is -0.480 e. The van der Waals surface area contributed by atoms with E-state index in [2.05, 4.69) is 5.32 Å². The van der Waals surface area contributed by atoms with Crippen molar-refractivity contribution in [3.05, 3.63) is 65.5 Å². The van der Waals surface area contributed by atoms with Gasteiger partial charge in [0.15, 0.2) is 0 Å². The highest BCUT2D eigenvalue weighted by Crippen LogP contribution is 2.14. The number of amides is 1. The molecule has 1 unspecified atom stereocenters. The highest BCUT2D eigenvalue weighted by atomic mass is 19.1. The number of nitrogens with one attached hydrogen (secondary N) is 1. The molecule has 0 aliphatic carbocycles. The molecule has 0 spiro atoms. The van der Waals surface area contributed by atoms with Crippen molar-refractivity contribution in [1.29, 1.82) is 0 Å². The lowest BCUT2D eigenvalue weighted by Gasteiger charge is -2.20. The fourth-order valence-corrected chi connectivity index (χ4v) is 2.84. The molecule has 2 aromatic rings. The lowest BCUT2D eigenvalue weighted by atomic mass is 10.1. The quantitative estimate of drug-likeness (QED) is 0.580. The molecular weight excluding hydrogens is 391 g/mol. The molecule has 1 amide bonds. The molecule has 0 heterocycles. The van der Waals surface area contributed by atoms with Crippen molar-refractivity contribution in [2.75, 3.05) is 32.1 Å². The smallest absolute Gasteiger partial charge is 0.410 e. The van der Waals surface area contributed by atoms with E-state index in [0.29, 0.717) is 0 Å². The molecule has 162 valence electrons. The summed E-state index contributed by atoms with van der Waals surface area (Å²) in [7, 11) is 1.47. The highest BCUT2D eigenvalue weighted by molar-refractivity contribution is 5.76. The van der Waals surface area contributed by atoms with E-state index in [9.17, 15) is 14.0 Å². The van der Waals surface area contributed by atoms with E-state index in [1.54, 1.807) is 12.1 Å². The number of nitrogens with zero attached hydrogens (tertiary/aromatic N) is 1. The van der Waals surface area contributed by atoms with Crippen LogP contribution in [0.2, 0.25) is 0 Å². The van der Waals surface area contributed by atoms with Gasteiger partial charge in [-0.1, -0.05) is 24.3 Å². The van der Waals surface area contributed by atoms with Crippen LogP contribution in [0.3, 0.4) is 0 Å². The molecule has 8 heteroatoms. The van der Waals surface area contributed by atoms with Gasteiger partial charge in [-0.2, -0.15) is 0 Å². The standard InChI is InChI=1S/C22H27FN2O5/c1-16(13-17-3-7-19(23)8-4-17)24-20-9-5-18(6-10-20)15-30-22(28)25(11-12-29-2)14-21(26)27/h3-10,16,24H,11-15H2,1-2H3,(H,26,27). The van der Waals surface area contributed by atoms with Crippen LogP contribution in [0.15, 0.2) is 48.5 Å². The van der Waals surface area contributed by atoms with Crippen molar-refractivity contribution in [2.24, 2.45) is 0 Å². The summed E-state index contributed by atoms with van der Waals surface area (Å²) in [6.45, 7) is 1.98. The predicted molar refractivity (Wildman–Crippen MR) is 111 cm³/mol. The lowest BCUT2D eigenvalue weighted by molar-refractivity contribution is -0.138. The number of carboxylic acid groups (broad SMARTS) is 1. The largest absolute Gasteiger partial charge is 0.480 e. The van der Waals surface area contributed by atoms with Crippen molar-refractivity contribution in [3.63, 3.8) is 0 Å². The van der Waals surface area contributed by atoms with Gasteiger partial charge in [-0.15, -0.1) is 0 Å². The third-order valence-corrected chi connectivity index (χ3v) is 4.33. The van der Waals surface area contributed by atoms with Crippen LogP contribution in [0, 0.1) is 5.82 Å². The number of ether oxygens (including phenoxy) is 2. The molecule has 2 N–H and O–H groups in total. The summed E-state index contributed by atoms with van der Waals surface area (Å²) >= 11 is 0. The fraction of sp³-hybridized carbons (Fsp3) is 0.364. The van der Waals surface area contributed by atoms with Crippen molar-refractivity contribution >= 4 is 17.7 Å². The number of hydrogen-bond acceptors (Lipinski definition) is 5. The first kappa shape index (κ1) is 23.2. The number of methoxy groups -OCH3 is 1. The summed E-state index contributed by atoms with van der Waals surface area (Å²) in [5.74, 6) is -1.37. The van der Waals surface area contributed by atoms with Gasteiger partial charge < -0.3 is 19.9 Å². The maximum absolute atomic E-state index is 13.0. The number of anilines is 1. The van der Waals surface area contributed by atoms with Crippen molar-refractivity contribution in [3.8, 4) is 0 Å². The SMILES string of the molecule is COCCN(CC(=O)O)C(=O)OCc1ccc(NC(C)Cc2ccc(F)cc2)cc1. The molecular formula is C22H27FN2O5. The van der Waals surface area contributed by atoms with Crippen LogP contribution in [0.5, 0.6) is 0 Å². The number of halogens is 1. The molecule has 0 bridgehead atoms. The normalized spacial score (nSPS) is 11.6. The molecule has 2 rings (SSSR count). The Morgan fingerprint density at radius 1 is 1.10 bits per heavy atom. The first-order chi connectivity index (χ1) is 14.4. The minimum absolute atomic E-state index is 0.0351. The monoisotopic (exact) mass is 418 g/mol. The third-order valence-electron chi connectivity index (χ3n) is 4.33. The molecule has 0 saturated carbocycles. The van der Waals surface area contributed by atoms with E-state index in [1.165, 1.54) is 19.2 Å². The highest BCUT2D eigenvalue weighted by Gasteiger charge is 2.18. The van der Waals surface area contributed by atoms with Gasteiger partial charge in [-0.05, 0) is 48.7 Å². The van der Waals surface area contributed by atoms with E-state index < -0.39 is 18.6 Å². The van der Waals surface area contributed by atoms with Crippen LogP contribution in [0.1, 0.15) is 18.1 Å². The molecule has 0 aliphatic rings. The molecule has 0 radical (unpaired) electrons. The van der Waals surface area contributed by atoms with Crippen molar-refractivity contribution < 1.29 is 28.6 Å². The zero-order valence-corrected chi connectivity index (χ0v) is 17.1. The number of rotatable bonds is 11. The second-order valence-corrected chi connectivity index (χ2v) is 6.94. The van der Waals surface area contributed by atoms with Gasteiger partial charge >= 0.3 is 12.1 Å². The number of hydrogen-bond donors (Lipinski definition) is 2. The molecule has 0 fully saturated rings. The van der Waals surface area contributed by atoms with Gasteiger partial charge in [0.1, 0.15) is 19.0 Å². The third kappa shape index (κ3) is 8.08. The minimum atomic E-state index is -1.12. The second-order valence-electron chi connectivity index (χ2n) is 6.94. The Morgan fingerprint density at radius 2 is 1.73 bits per heavy atom. The number of benzene rings is 2. The van der Waals surface area contributed by atoms with Crippen LogP contribution >= 0.6 is 0 Å². The summed E-state index contributed by atoms with van der Waals surface area (Å²) in [5.41, 5.74) is 2.73. The zero-order chi connectivity index (χ0) is 21.9. The maximum atomic E-state index is 13.0. The molecule has 1 atom stereocenters. The van der Waals surface area contributed by atoms with Crippen molar-refractivity contribution in [1.82, 2.24) is 4.90 Å². The van der Waals surface area contributed by atoms with E-state index in [0.717, 1.165) is 28.1 Å². The molecule has 30 heavy (non-hydrogen) atoms. The molecule has 7 nitrogen and oxygen atoms in total. The summed E-state index contributed by atoms with van der Waals surface area (Å²) in [4.78, 5) is 24.1. The summed E-state index contributed by atoms with van der Waals surface area (Å²) < 4.78 is 23.1. The molecule has 0 aliphatic heterocycles. The van der Waals surface area contributed by atoms with E-state index in [1.807, 2.05) is 31.2 Å². The van der Waals surface area contributed by atoms with E-state index in [-0.39, 0.29) is 31.6 Å². The average molecular weight is 418 g/mol. The van der Waals surface area contributed by atoms with Crippen LogP contribution < -0.4 is 5.32 Å². The second kappa shape index (κ2) is 11.8. The lowest BCUT2D eigenvalue weighted by Crippen LogP contribution is -2.38. The van der Waals surface area contributed by atoms with Crippen molar-refractivity contribution in [2.45, 2.75) is 26.0 Å². The molecule has 0 saturated heterocycles. The van der Waals surface area contributed by atoms with Crippen LogP contribution in [0.25, 0.3) is 0 Å². The van der Waals surface area contributed by atoms with Gasteiger partial charge in [-0.3, -0.25) is 9.69 Å². The predicted octanol–water partition coefficient (Wildman–Crippen LogP) is 3.54. The number of aliphatic carboxylic acids is 1. The number of carbonyl (C=O) groups excluding carboxylic acids is 1. The van der Waals surface area contributed by atoms with Crippen LogP contribution in [-0.2, 0) is 27.3 Å². The Kier molecular flexibility index (Phi) is 9.08. The van der Waals surface area contributed by atoms with Gasteiger partial charge in [0, 0.05) is 25.4 Å². The van der Waals surface area contributed by atoms with Crippen LogP contribution in [0.4, 0.5) is 14.9 Å². The Balaban J connectivity index is 1.83. The van der Waals surface area contributed by atoms with E-state index in [4.69, 9.17) is 14.6 Å². The number of carbonyl (C=O) groups is 2. The van der Waals surface area contributed by atoms with Gasteiger partial charge in [0.2, 0.25) is 0 Å². The summed E-state index contributed by atoms with van der Waals surface area (Å²) in [6, 6.07) is 14.0. The fourth-order valence-electron chi connectivity index (χ4n) is 2.84. The zero-order valence-electron chi connectivity index (χ0n) is 17.1. The first-order valence-corrected chi connectivity index (χ1v) is 9.59. The summed E-state index contributed by atoms with van der Waals surface area (Å²) in [5, 5.41) is 12.3. The van der Waals surface area contributed by atoms with Gasteiger partial charge in [0.05, 0.1) is 6.61 Å². The average Bonchev–Trinajstić information content (AvgIpc) is 2.71. The number of carboxylic acids is 1. The van der Waals surface area contributed by atoms with Gasteiger partial charge in [-0.25, -0.2) is 9.18 Å². The van der Waals surface area contributed by atoms with Gasteiger partial charge in [0.25, 0.3) is 0 Å². The Hall–Kier alpha value is -3.13.